The molecule has 0 radical (unpaired) electrons. The lowest BCUT2D eigenvalue weighted by atomic mass is 10.0. The first-order chi connectivity index (χ1) is 10.3. The van der Waals surface area contributed by atoms with Gasteiger partial charge in [-0.1, -0.05) is 95.6 Å². The molecule has 0 aromatic rings. The zero-order valence-electron chi connectivity index (χ0n) is 14.2. The molecule has 0 aromatic carbocycles. The molecule has 0 bridgehead atoms. The van der Waals surface area contributed by atoms with Crippen molar-refractivity contribution >= 4 is 0 Å². The van der Waals surface area contributed by atoms with E-state index in [1.807, 2.05) is 0 Å². The van der Waals surface area contributed by atoms with Crippen molar-refractivity contribution in [3.05, 3.63) is 4.91 Å². The molecule has 0 rings (SSSR count). The van der Waals surface area contributed by atoms with Gasteiger partial charge in [0.25, 0.3) is 0 Å². The Labute approximate surface area is 131 Å². The summed E-state index contributed by atoms with van der Waals surface area (Å²) in [4.78, 5) is 9.94. The molecule has 0 aliphatic heterocycles. The lowest BCUT2D eigenvalue weighted by molar-refractivity contribution is 0.153. The molecular formula is C18H37NO2. The van der Waals surface area contributed by atoms with Gasteiger partial charge in [-0.15, -0.1) is 0 Å². The molecule has 0 fully saturated rings. The van der Waals surface area contributed by atoms with Crippen molar-refractivity contribution in [3.63, 3.8) is 0 Å². The molecule has 0 aliphatic carbocycles. The van der Waals surface area contributed by atoms with Crippen molar-refractivity contribution in [2.24, 2.45) is 5.18 Å². The van der Waals surface area contributed by atoms with Gasteiger partial charge in [-0.25, -0.2) is 0 Å². The third-order valence-electron chi connectivity index (χ3n) is 4.19. The summed E-state index contributed by atoms with van der Waals surface area (Å²) >= 11 is 0. The maximum absolute atomic E-state index is 9.94. The van der Waals surface area contributed by atoms with Gasteiger partial charge in [0.2, 0.25) is 0 Å². The summed E-state index contributed by atoms with van der Waals surface area (Å²) in [5.41, 5.74) is 0. The summed E-state index contributed by atoms with van der Waals surface area (Å²) in [5.74, 6) is 0. The summed E-state index contributed by atoms with van der Waals surface area (Å²) in [7, 11) is 0. The van der Waals surface area contributed by atoms with Gasteiger partial charge in [-0.05, 0) is 12.8 Å². The van der Waals surface area contributed by atoms with Crippen LogP contribution in [-0.2, 0) is 0 Å². The maximum atomic E-state index is 9.94. The van der Waals surface area contributed by atoms with Crippen molar-refractivity contribution in [1.82, 2.24) is 0 Å². The maximum Gasteiger partial charge on any atom is 0.0835 e. The number of rotatable bonds is 17. The predicted molar refractivity (Wildman–Crippen MR) is 91.6 cm³/mol. The van der Waals surface area contributed by atoms with Gasteiger partial charge < -0.3 is 5.11 Å². The number of nitrogens with zero attached hydrogens (tertiary/aromatic N) is 1. The predicted octanol–water partition coefficient (Wildman–Crippen LogP) is 5.99. The second-order valence-corrected chi connectivity index (χ2v) is 6.33. The van der Waals surface area contributed by atoms with Gasteiger partial charge in [0.15, 0.2) is 0 Å². The van der Waals surface area contributed by atoms with Crippen molar-refractivity contribution in [1.29, 1.82) is 0 Å². The molecule has 0 unspecified atom stereocenters. The summed E-state index contributed by atoms with van der Waals surface area (Å²) in [6.07, 6.45) is 18.5. The topological polar surface area (TPSA) is 49.7 Å². The van der Waals surface area contributed by atoms with Crippen LogP contribution in [0.15, 0.2) is 5.18 Å². The molecule has 0 aliphatic rings. The smallest absolute Gasteiger partial charge is 0.0835 e. The Morgan fingerprint density at radius 1 is 0.714 bits per heavy atom. The quantitative estimate of drug-likeness (QED) is 0.265. The number of unbranched alkanes of at least 4 members (excludes halogenated alkanes) is 12. The van der Waals surface area contributed by atoms with Crippen LogP contribution in [0.2, 0.25) is 0 Å². The van der Waals surface area contributed by atoms with Crippen molar-refractivity contribution in [2.45, 2.75) is 109 Å². The Hall–Kier alpha value is -0.440. The van der Waals surface area contributed by atoms with Crippen LogP contribution in [0.1, 0.15) is 103 Å². The Morgan fingerprint density at radius 3 is 1.57 bits per heavy atom. The molecule has 126 valence electrons. The van der Waals surface area contributed by atoms with Gasteiger partial charge in [-0.2, -0.15) is 4.91 Å². The molecular weight excluding hydrogens is 262 g/mol. The minimum atomic E-state index is -0.324. The molecule has 1 atom stereocenters. The van der Waals surface area contributed by atoms with Crippen LogP contribution in [0, 0.1) is 4.91 Å². The summed E-state index contributed by atoms with van der Waals surface area (Å²) in [6.45, 7) is 2.52. The van der Waals surface area contributed by atoms with E-state index in [-0.39, 0.29) is 12.6 Å². The second-order valence-electron chi connectivity index (χ2n) is 6.33. The fraction of sp³-hybridized carbons (Fsp3) is 1.00. The van der Waals surface area contributed by atoms with E-state index in [9.17, 15) is 10.0 Å². The third kappa shape index (κ3) is 17.5. The Morgan fingerprint density at radius 2 is 1.14 bits per heavy atom. The molecule has 0 aromatic heterocycles. The monoisotopic (exact) mass is 299 g/mol. The minimum Gasteiger partial charge on any atom is -0.393 e. The third-order valence-corrected chi connectivity index (χ3v) is 4.19. The van der Waals surface area contributed by atoms with Crippen LogP contribution in [0.3, 0.4) is 0 Å². The van der Waals surface area contributed by atoms with Crippen LogP contribution < -0.4 is 0 Å². The Bertz CT molecular complexity index is 209. The van der Waals surface area contributed by atoms with E-state index in [1.165, 1.54) is 77.0 Å². The lowest BCUT2D eigenvalue weighted by Gasteiger charge is -2.07. The first-order valence-electron chi connectivity index (χ1n) is 9.28. The molecule has 0 spiro atoms. The first-order valence-corrected chi connectivity index (χ1v) is 9.28. The fourth-order valence-corrected chi connectivity index (χ4v) is 2.74. The molecule has 3 heteroatoms. The van der Waals surface area contributed by atoms with E-state index in [1.54, 1.807) is 0 Å². The number of hydrogen-bond acceptors (Lipinski definition) is 3. The van der Waals surface area contributed by atoms with Gasteiger partial charge in [0, 0.05) is 0 Å². The normalized spacial score (nSPS) is 12.5. The number of hydrogen-bond donors (Lipinski definition) is 1. The van der Waals surface area contributed by atoms with Crippen LogP contribution >= 0.6 is 0 Å². The van der Waals surface area contributed by atoms with Gasteiger partial charge in [-0.3, -0.25) is 0 Å². The van der Waals surface area contributed by atoms with E-state index in [4.69, 9.17) is 0 Å². The standard InChI is InChI=1S/C18H37NO2/c1-2-3-4-5-6-7-8-9-10-11-12-13-14-15-18(20)16-17-19-21/h18,20H,2-17H2,1H3/t18-/m1/s1. The van der Waals surface area contributed by atoms with Gasteiger partial charge in [0.1, 0.15) is 0 Å². The molecule has 0 amide bonds. The number of aliphatic hydroxyl groups excluding tert-OH is 1. The molecule has 0 saturated carbocycles. The highest BCUT2D eigenvalue weighted by molar-refractivity contribution is 4.58. The number of nitroso groups, excluding NO2 is 1. The Balaban J connectivity index is 3.04. The van der Waals surface area contributed by atoms with Crippen LogP contribution in [0.25, 0.3) is 0 Å². The molecule has 0 saturated heterocycles. The highest BCUT2D eigenvalue weighted by Gasteiger charge is 2.03. The SMILES string of the molecule is CCCCCCCCCCCCCCC[C@@H](O)CCN=O. The van der Waals surface area contributed by atoms with E-state index in [0.29, 0.717) is 6.42 Å². The lowest BCUT2D eigenvalue weighted by Crippen LogP contribution is -2.07. The first kappa shape index (κ1) is 20.6. The van der Waals surface area contributed by atoms with Crippen molar-refractivity contribution < 1.29 is 5.11 Å². The van der Waals surface area contributed by atoms with E-state index < -0.39 is 0 Å². The zero-order valence-corrected chi connectivity index (χ0v) is 14.2. The number of aliphatic hydroxyl groups is 1. The van der Waals surface area contributed by atoms with E-state index in [0.717, 1.165) is 12.8 Å². The van der Waals surface area contributed by atoms with E-state index in [2.05, 4.69) is 12.1 Å². The summed E-state index contributed by atoms with van der Waals surface area (Å²) in [5, 5.41) is 12.3. The average molecular weight is 299 g/mol. The largest absolute Gasteiger partial charge is 0.393 e. The molecule has 3 nitrogen and oxygen atoms in total. The Kier molecular flexibility index (Phi) is 17.2. The average Bonchev–Trinajstić information content (AvgIpc) is 2.49. The summed E-state index contributed by atoms with van der Waals surface area (Å²) in [6, 6.07) is 0. The van der Waals surface area contributed by atoms with Crippen molar-refractivity contribution in [2.75, 3.05) is 6.54 Å². The minimum absolute atomic E-state index is 0.250. The molecule has 0 heterocycles. The highest BCUT2D eigenvalue weighted by atomic mass is 16.3. The van der Waals surface area contributed by atoms with Crippen LogP contribution in [-0.4, -0.2) is 17.8 Å². The fourth-order valence-electron chi connectivity index (χ4n) is 2.74. The van der Waals surface area contributed by atoms with Gasteiger partial charge >= 0.3 is 0 Å². The van der Waals surface area contributed by atoms with Gasteiger partial charge in [0.05, 0.1) is 12.6 Å². The van der Waals surface area contributed by atoms with Crippen molar-refractivity contribution in [3.8, 4) is 0 Å². The highest BCUT2D eigenvalue weighted by Crippen LogP contribution is 2.13. The molecule has 1 N–H and O–H groups in total. The second kappa shape index (κ2) is 17.6. The molecule has 21 heavy (non-hydrogen) atoms. The van der Waals surface area contributed by atoms with E-state index >= 15 is 0 Å². The summed E-state index contributed by atoms with van der Waals surface area (Å²) < 4.78 is 0. The van der Waals surface area contributed by atoms with Crippen LogP contribution in [0.4, 0.5) is 0 Å². The van der Waals surface area contributed by atoms with Crippen LogP contribution in [0.5, 0.6) is 0 Å². The zero-order chi connectivity index (χ0) is 15.6.